The van der Waals surface area contributed by atoms with Crippen molar-refractivity contribution in [2.45, 2.75) is 0 Å². The fraction of sp³-hybridized carbons (Fsp3) is 0.400. The molecule has 1 aliphatic rings. The van der Waals surface area contributed by atoms with Crippen LogP contribution in [0.5, 0.6) is 0 Å². The summed E-state index contributed by atoms with van der Waals surface area (Å²) in [5, 5.41) is 12.1. The topological polar surface area (TPSA) is 78.0 Å². The first kappa shape index (κ1) is 9.74. The van der Waals surface area contributed by atoms with Gasteiger partial charge in [0.2, 0.25) is 0 Å². The van der Waals surface area contributed by atoms with Crippen LogP contribution in [0.2, 0.25) is 0 Å². The molecule has 0 radical (unpaired) electrons. The van der Waals surface area contributed by atoms with Gasteiger partial charge in [-0.05, 0) is 12.1 Å². The van der Waals surface area contributed by atoms with Crippen LogP contribution in [0, 0.1) is 11.3 Å². The van der Waals surface area contributed by atoms with Crippen molar-refractivity contribution in [3.8, 4) is 6.07 Å². The smallest absolute Gasteiger partial charge is 0.165 e. The number of nitriles is 1. The van der Waals surface area contributed by atoms with E-state index < -0.39 is 0 Å². The summed E-state index contributed by atoms with van der Waals surface area (Å²) >= 11 is 0. The lowest BCUT2D eigenvalue weighted by Gasteiger charge is -2.28. The van der Waals surface area contributed by atoms with Crippen LogP contribution in [0.25, 0.3) is 0 Å². The predicted molar refractivity (Wildman–Crippen MR) is 58.4 cm³/mol. The first-order valence-electron chi connectivity index (χ1n) is 4.93. The molecule has 0 aliphatic carbocycles. The molecule has 0 amide bonds. The van der Waals surface area contributed by atoms with Gasteiger partial charge in [0.05, 0.1) is 5.69 Å². The monoisotopic (exact) mass is 203 g/mol. The second kappa shape index (κ2) is 4.15. The Morgan fingerprint density at radius 2 is 2.13 bits per heavy atom. The van der Waals surface area contributed by atoms with E-state index in [-0.39, 0.29) is 0 Å². The van der Waals surface area contributed by atoms with Crippen molar-refractivity contribution in [3.05, 3.63) is 17.8 Å². The van der Waals surface area contributed by atoms with Crippen molar-refractivity contribution in [2.75, 3.05) is 36.8 Å². The summed E-state index contributed by atoms with van der Waals surface area (Å²) in [4.78, 5) is 6.38. The number of hydrogen-bond donors (Lipinski definition) is 2. The van der Waals surface area contributed by atoms with Gasteiger partial charge in [-0.2, -0.15) is 5.26 Å². The van der Waals surface area contributed by atoms with Crippen molar-refractivity contribution in [1.82, 2.24) is 10.3 Å². The van der Waals surface area contributed by atoms with Crippen molar-refractivity contribution < 1.29 is 0 Å². The Morgan fingerprint density at radius 3 is 2.80 bits per heavy atom. The molecule has 0 saturated carbocycles. The summed E-state index contributed by atoms with van der Waals surface area (Å²) in [5.41, 5.74) is 6.37. The molecular weight excluding hydrogens is 190 g/mol. The second-order valence-electron chi connectivity index (χ2n) is 3.46. The van der Waals surface area contributed by atoms with Gasteiger partial charge in [0.1, 0.15) is 11.9 Å². The van der Waals surface area contributed by atoms with Gasteiger partial charge in [-0.15, -0.1) is 0 Å². The van der Waals surface area contributed by atoms with E-state index >= 15 is 0 Å². The van der Waals surface area contributed by atoms with E-state index in [1.807, 2.05) is 12.1 Å². The number of nitrogens with one attached hydrogen (secondary N) is 1. The molecule has 5 heteroatoms. The van der Waals surface area contributed by atoms with Gasteiger partial charge in [0.25, 0.3) is 0 Å². The summed E-state index contributed by atoms with van der Waals surface area (Å²) in [6.45, 7) is 3.74. The quantitative estimate of drug-likeness (QED) is 0.669. The lowest BCUT2D eigenvalue weighted by Crippen LogP contribution is -2.43. The third kappa shape index (κ3) is 2.00. The number of hydrogen-bond acceptors (Lipinski definition) is 5. The molecule has 0 atom stereocenters. The van der Waals surface area contributed by atoms with Crippen LogP contribution in [0.4, 0.5) is 11.5 Å². The van der Waals surface area contributed by atoms with Gasteiger partial charge in [-0.1, -0.05) is 0 Å². The number of rotatable bonds is 1. The predicted octanol–water partition coefficient (Wildman–Crippen LogP) is -0.0549. The van der Waals surface area contributed by atoms with Crippen LogP contribution in [-0.2, 0) is 0 Å². The van der Waals surface area contributed by atoms with Crippen LogP contribution < -0.4 is 16.0 Å². The number of aromatic nitrogens is 1. The van der Waals surface area contributed by atoms with E-state index in [9.17, 15) is 0 Å². The summed E-state index contributed by atoms with van der Waals surface area (Å²) in [6.07, 6.45) is 0. The van der Waals surface area contributed by atoms with Gasteiger partial charge < -0.3 is 16.0 Å². The molecule has 0 bridgehead atoms. The Labute approximate surface area is 88.5 Å². The van der Waals surface area contributed by atoms with Crippen LogP contribution >= 0.6 is 0 Å². The molecule has 1 fully saturated rings. The van der Waals surface area contributed by atoms with Crippen LogP contribution in [0.3, 0.4) is 0 Å². The summed E-state index contributed by atoms with van der Waals surface area (Å²) in [7, 11) is 0. The maximum Gasteiger partial charge on any atom is 0.165 e. The number of nitrogens with two attached hydrogens (primary N) is 1. The van der Waals surface area contributed by atoms with Gasteiger partial charge in [-0.3, -0.25) is 0 Å². The molecule has 3 N–H and O–H groups in total. The number of nitrogens with zero attached hydrogens (tertiary/aromatic N) is 3. The SMILES string of the molecule is N#Cc1nc(N2CCNCC2)ccc1N. The molecule has 2 rings (SSSR count). The minimum absolute atomic E-state index is 0.311. The first-order valence-corrected chi connectivity index (χ1v) is 4.93. The molecule has 1 aliphatic heterocycles. The number of nitrogen functional groups attached to an aromatic ring is 1. The number of anilines is 2. The molecule has 1 aromatic heterocycles. The summed E-state index contributed by atoms with van der Waals surface area (Å²) in [6, 6.07) is 5.60. The normalized spacial score (nSPS) is 16.1. The lowest BCUT2D eigenvalue weighted by molar-refractivity contribution is 0.585. The van der Waals surface area contributed by atoms with Crippen LogP contribution in [-0.4, -0.2) is 31.2 Å². The Hall–Kier alpha value is -1.80. The second-order valence-corrected chi connectivity index (χ2v) is 3.46. The highest BCUT2D eigenvalue weighted by molar-refractivity contribution is 5.55. The molecule has 2 heterocycles. The molecule has 1 saturated heterocycles. The summed E-state index contributed by atoms with van der Waals surface area (Å²) < 4.78 is 0. The van der Waals surface area contributed by atoms with Crippen molar-refractivity contribution in [3.63, 3.8) is 0 Å². The highest BCUT2D eigenvalue weighted by Gasteiger charge is 2.12. The molecule has 1 aromatic rings. The van der Waals surface area contributed by atoms with Crippen molar-refractivity contribution >= 4 is 11.5 Å². The van der Waals surface area contributed by atoms with Crippen LogP contribution in [0.15, 0.2) is 12.1 Å². The molecular formula is C10H13N5. The Morgan fingerprint density at radius 1 is 1.40 bits per heavy atom. The van der Waals surface area contributed by atoms with Crippen molar-refractivity contribution in [2.24, 2.45) is 0 Å². The fourth-order valence-electron chi connectivity index (χ4n) is 1.62. The van der Waals surface area contributed by atoms with Gasteiger partial charge in [-0.25, -0.2) is 4.98 Å². The lowest BCUT2D eigenvalue weighted by atomic mass is 10.3. The highest BCUT2D eigenvalue weighted by Crippen LogP contribution is 2.16. The number of piperazine rings is 1. The molecule has 5 nitrogen and oxygen atoms in total. The van der Waals surface area contributed by atoms with Gasteiger partial charge >= 0.3 is 0 Å². The van der Waals surface area contributed by atoms with Gasteiger partial charge in [0, 0.05) is 26.2 Å². The first-order chi connectivity index (χ1) is 7.31. The fourth-order valence-corrected chi connectivity index (χ4v) is 1.62. The Bertz CT molecular complexity index is 389. The van der Waals surface area contributed by atoms with Crippen molar-refractivity contribution in [1.29, 1.82) is 5.26 Å². The largest absolute Gasteiger partial charge is 0.396 e. The maximum atomic E-state index is 8.82. The third-order valence-electron chi connectivity index (χ3n) is 2.46. The third-order valence-corrected chi connectivity index (χ3v) is 2.46. The zero-order valence-electron chi connectivity index (χ0n) is 8.40. The van der Waals surface area contributed by atoms with E-state index in [1.54, 1.807) is 6.07 Å². The molecule has 0 unspecified atom stereocenters. The minimum Gasteiger partial charge on any atom is -0.396 e. The van der Waals surface area contributed by atoms with E-state index in [0.29, 0.717) is 11.4 Å². The summed E-state index contributed by atoms with van der Waals surface area (Å²) in [5.74, 6) is 0.835. The average molecular weight is 203 g/mol. The zero-order valence-corrected chi connectivity index (χ0v) is 8.40. The van der Waals surface area contributed by atoms with Gasteiger partial charge in [0.15, 0.2) is 5.69 Å². The van der Waals surface area contributed by atoms with Crippen LogP contribution in [0.1, 0.15) is 5.69 Å². The zero-order chi connectivity index (χ0) is 10.7. The Balaban J connectivity index is 2.25. The molecule has 0 spiro atoms. The maximum absolute atomic E-state index is 8.82. The molecule has 78 valence electrons. The van der Waals surface area contributed by atoms with E-state index in [4.69, 9.17) is 11.0 Å². The van der Waals surface area contributed by atoms with E-state index in [2.05, 4.69) is 15.2 Å². The molecule has 15 heavy (non-hydrogen) atoms. The molecule has 0 aromatic carbocycles. The average Bonchev–Trinajstić information content (AvgIpc) is 2.31. The standard InChI is InChI=1S/C10H13N5/c11-7-9-8(12)1-2-10(14-9)15-5-3-13-4-6-15/h1-2,13H,3-6,12H2. The van der Waals surface area contributed by atoms with E-state index in [0.717, 1.165) is 32.0 Å². The van der Waals surface area contributed by atoms with E-state index in [1.165, 1.54) is 0 Å². The minimum atomic E-state index is 0.311. The Kier molecular flexibility index (Phi) is 2.70. The number of pyridine rings is 1. The highest BCUT2D eigenvalue weighted by atomic mass is 15.2.